The summed E-state index contributed by atoms with van der Waals surface area (Å²) in [5.74, 6) is 0. The van der Waals surface area contributed by atoms with E-state index in [0.29, 0.717) is 31.7 Å². The van der Waals surface area contributed by atoms with Gasteiger partial charge in [-0.25, -0.2) is 0 Å². The molecule has 0 heterocycles. The van der Waals surface area contributed by atoms with Gasteiger partial charge in [-0.05, 0) is 78.0 Å². The minimum atomic E-state index is -1.30. The molecule has 0 aliphatic heterocycles. The molecule has 0 radical (unpaired) electrons. The van der Waals surface area contributed by atoms with Gasteiger partial charge < -0.3 is 0 Å². The average Bonchev–Trinajstić information content (AvgIpc) is 2.22. The van der Waals surface area contributed by atoms with Crippen molar-refractivity contribution >= 4 is 104 Å². The van der Waals surface area contributed by atoms with E-state index in [-0.39, 0.29) is 0 Å². The second-order valence-corrected chi connectivity index (χ2v) is 130. The summed E-state index contributed by atoms with van der Waals surface area (Å²) in [6.07, 6.45) is 5.92. The van der Waals surface area contributed by atoms with Crippen LogP contribution < -0.4 is 0 Å². The zero-order chi connectivity index (χ0) is 17.6. The molecule has 0 bridgehead atoms. The molecule has 0 aliphatic rings. The molecule has 9 heteroatoms. The molecule has 0 aromatic carbocycles. The van der Waals surface area contributed by atoms with Crippen LogP contribution in [0.3, 0.4) is 0 Å². The molecule has 0 amide bonds. The van der Waals surface area contributed by atoms with E-state index in [0.717, 1.165) is 0 Å². The zero-order valence-electron chi connectivity index (χ0n) is 14.6. The summed E-state index contributed by atoms with van der Waals surface area (Å²) >= 11 is 10.2. The van der Waals surface area contributed by atoms with Crippen molar-refractivity contribution in [1.82, 2.24) is 0 Å². The first-order valence-electron chi connectivity index (χ1n) is 6.60. The van der Waals surface area contributed by atoms with Crippen LogP contribution >= 0.6 is 104 Å². The van der Waals surface area contributed by atoms with Gasteiger partial charge in [0.1, 0.15) is 0 Å². The van der Waals surface area contributed by atoms with E-state index in [4.69, 9.17) is 0 Å². The van der Waals surface area contributed by atoms with Crippen LogP contribution in [0, 0.1) is 0 Å². The Morgan fingerprint density at radius 1 is 0.476 bits per heavy atom. The monoisotopic (exact) mass is 898 g/mol. The molecular weight excluding hydrogens is 867 g/mol. The summed E-state index contributed by atoms with van der Waals surface area (Å²) in [4.78, 5) is 0. The molecule has 0 fully saturated rings. The van der Waals surface area contributed by atoms with Crippen LogP contribution in [0.15, 0.2) is 0 Å². The number of hydrogen-bond donors (Lipinski definition) is 0. The van der Waals surface area contributed by atoms with Crippen LogP contribution in [0.5, 0.6) is 0 Å². The fourth-order valence-corrected chi connectivity index (χ4v) is 7.20. The first kappa shape index (κ1) is 31.2. The number of halogens is 4. The Bertz CT molecular complexity index is 174. The molecule has 0 atom stereocenters. The summed E-state index contributed by atoms with van der Waals surface area (Å²) in [6, 6.07) is 0. The molecule has 0 rings (SSSR count). The Hall–Kier alpha value is 5.52. The summed E-state index contributed by atoms with van der Waals surface area (Å²) in [5.41, 5.74) is 0. The predicted octanol–water partition coefficient (Wildman–Crippen LogP) is 8.48. The van der Waals surface area contributed by atoms with Crippen molar-refractivity contribution in [2.24, 2.45) is 0 Å². The van der Waals surface area contributed by atoms with Crippen LogP contribution in [-0.2, 0) is 3.51 Å². The van der Waals surface area contributed by atoms with E-state index < -0.39 is 3.51 Å². The zero-order valence-corrected chi connectivity index (χ0v) is 29.3. The summed E-state index contributed by atoms with van der Waals surface area (Å²) in [7, 11) is 1.53. The molecule has 0 aromatic rings. The summed E-state index contributed by atoms with van der Waals surface area (Å²) < 4.78 is -1.30. The maximum atomic E-state index is 2.55. The quantitative estimate of drug-likeness (QED) is 0.186. The Labute approximate surface area is 181 Å². The molecule has 0 unspecified atom stereocenters. The summed E-state index contributed by atoms with van der Waals surface area (Å²) in [5, 5.41) is 0. The Balaban J connectivity index is -0.000000239. The third-order valence-corrected chi connectivity index (χ3v) is 7.17. The van der Waals surface area contributed by atoms with Gasteiger partial charge in [0.2, 0.25) is 0 Å². The van der Waals surface area contributed by atoms with Gasteiger partial charge in [-0.2, -0.15) is 0 Å². The summed E-state index contributed by atoms with van der Waals surface area (Å²) in [6.45, 7) is 18.8. The van der Waals surface area contributed by atoms with Crippen LogP contribution in [-0.4, -0.2) is 78.0 Å². The van der Waals surface area contributed by atoms with Crippen LogP contribution in [0.25, 0.3) is 0 Å². The molecule has 21 heavy (non-hydrogen) atoms. The normalized spacial score (nSPS) is 11.4. The maximum absolute atomic E-state index is 2.55. The van der Waals surface area contributed by atoms with Crippen molar-refractivity contribution in [2.75, 3.05) is 78.0 Å². The Morgan fingerprint density at radius 2 is 0.571 bits per heavy atom. The topological polar surface area (TPSA) is 0 Å². The number of rotatable bonds is 6. The van der Waals surface area contributed by atoms with E-state index in [2.05, 4.69) is 125 Å². The van der Waals surface area contributed by atoms with Gasteiger partial charge in [0, 0.05) is 0 Å². The van der Waals surface area contributed by atoms with Crippen molar-refractivity contribution < 1.29 is 3.51 Å². The molecule has 132 valence electrons. The van der Waals surface area contributed by atoms with Crippen LogP contribution in [0.1, 0.15) is 0 Å². The van der Waals surface area contributed by atoms with Gasteiger partial charge in [0.25, 0.3) is 0 Å². The van der Waals surface area contributed by atoms with Crippen LogP contribution in [0.4, 0.5) is 0 Å². The fourth-order valence-electron chi connectivity index (χ4n) is 0.800. The van der Waals surface area contributed by atoms with Gasteiger partial charge in [-0.1, -0.05) is 0 Å². The molecule has 0 nitrogen and oxygen atoms in total. The van der Waals surface area contributed by atoms with Gasteiger partial charge in [0.05, 0.1) is 0 Å². The first-order chi connectivity index (χ1) is 9.25. The molecular formula is C12H32I4P4Zr. The van der Waals surface area contributed by atoms with Crippen LogP contribution in [0.2, 0.25) is 0 Å². The molecule has 0 aromatic heterocycles. The molecule has 0 aliphatic carbocycles. The van der Waals surface area contributed by atoms with Crippen molar-refractivity contribution in [1.29, 1.82) is 0 Å². The predicted molar refractivity (Wildman–Crippen MR) is 151 cm³/mol. The second kappa shape index (κ2) is 20.3. The second-order valence-electron chi connectivity index (χ2n) is 5.64. The van der Waals surface area contributed by atoms with E-state index in [1.807, 2.05) is 0 Å². The number of hydrogen-bond acceptors (Lipinski definition) is 0. The van der Waals surface area contributed by atoms with E-state index in [9.17, 15) is 0 Å². The van der Waals surface area contributed by atoms with Gasteiger partial charge >= 0.3 is 75.7 Å². The minimum absolute atomic E-state index is 0.383. The average molecular weight is 899 g/mol. The van der Waals surface area contributed by atoms with Crippen molar-refractivity contribution in [3.63, 3.8) is 0 Å². The van der Waals surface area contributed by atoms with E-state index in [1.54, 1.807) is 0 Å². The van der Waals surface area contributed by atoms with Crippen molar-refractivity contribution in [2.45, 2.75) is 0 Å². The SMILES string of the molecule is CP(C)CCP(C)C.CP(C)CCP(C)C.[I][Zr]([I])([I])[I]. The fraction of sp³-hybridized carbons (Fsp3) is 1.00. The molecule has 0 spiro atoms. The molecule has 0 saturated carbocycles. The van der Waals surface area contributed by atoms with Gasteiger partial charge in [-0.15, -0.1) is 31.7 Å². The van der Waals surface area contributed by atoms with E-state index in [1.165, 1.54) is 24.6 Å². The molecule has 0 saturated heterocycles. The van der Waals surface area contributed by atoms with E-state index >= 15 is 0 Å². The third-order valence-electron chi connectivity index (χ3n) is 1.99. The Morgan fingerprint density at radius 3 is 0.619 bits per heavy atom. The van der Waals surface area contributed by atoms with Crippen molar-refractivity contribution in [3.05, 3.63) is 0 Å². The van der Waals surface area contributed by atoms with Gasteiger partial charge in [-0.3, -0.25) is 0 Å². The standard InChI is InChI=1S/2C6H16P2.4HI.Zr/c2*1-7(2)5-6-8(3)4;;;;;/h2*5-6H2,1-4H3;4*1H;/q;;;;;;+4/p-4. The first-order valence-corrected chi connectivity index (χ1v) is 45.5. The van der Waals surface area contributed by atoms with Crippen molar-refractivity contribution in [3.8, 4) is 0 Å². The Kier molecular flexibility index (Phi) is 30.1. The van der Waals surface area contributed by atoms with Gasteiger partial charge in [0.15, 0.2) is 0 Å². The third kappa shape index (κ3) is 58.6. The molecule has 0 N–H and O–H groups in total.